The summed E-state index contributed by atoms with van der Waals surface area (Å²) in [7, 11) is 1.82. The predicted octanol–water partition coefficient (Wildman–Crippen LogP) is 3.48. The van der Waals surface area contributed by atoms with E-state index in [0.29, 0.717) is 17.7 Å². The summed E-state index contributed by atoms with van der Waals surface area (Å²) in [5.74, 6) is -0.787. The lowest BCUT2D eigenvalue weighted by molar-refractivity contribution is -0.128. The van der Waals surface area contributed by atoms with Gasteiger partial charge < -0.3 is 0 Å². The number of hydrogen-bond donors (Lipinski definition) is 2. The molecule has 6 heteroatoms. The summed E-state index contributed by atoms with van der Waals surface area (Å²) < 4.78 is 15.6. The molecule has 0 spiro atoms. The molecule has 2 N–H and O–H groups in total. The number of halogens is 1. The summed E-state index contributed by atoms with van der Waals surface area (Å²) in [6, 6.07) is 12.9. The second kappa shape index (κ2) is 7.72. The smallest absolute Gasteiger partial charge is 0.247 e. The van der Waals surface area contributed by atoms with Gasteiger partial charge in [-0.25, -0.2) is 9.87 Å². The van der Waals surface area contributed by atoms with Gasteiger partial charge in [0.1, 0.15) is 5.82 Å². The van der Waals surface area contributed by atoms with Crippen molar-refractivity contribution in [1.82, 2.24) is 15.3 Å². The van der Waals surface area contributed by atoms with Crippen molar-refractivity contribution in [2.75, 3.05) is 0 Å². The molecule has 0 fully saturated rings. The van der Waals surface area contributed by atoms with Gasteiger partial charge in [-0.3, -0.25) is 14.7 Å². The van der Waals surface area contributed by atoms with Gasteiger partial charge in [-0.2, -0.15) is 5.10 Å². The lowest BCUT2D eigenvalue weighted by Crippen LogP contribution is -2.21. The minimum Gasteiger partial charge on any atom is -0.289 e. The highest BCUT2D eigenvalue weighted by Gasteiger charge is 2.21. The fraction of sp³-hybridized carbons (Fsp3) is 0.238. The first-order chi connectivity index (χ1) is 12.9. The minimum absolute atomic E-state index is 0.0166. The molecule has 1 amide bonds. The number of aromatic nitrogens is 2. The molecule has 0 aliphatic carbocycles. The van der Waals surface area contributed by atoms with Crippen LogP contribution in [-0.2, 0) is 24.7 Å². The SMILES string of the molecule is Cc1ccc(-c2c(CC(=O)NO)c(Cc3cccc(F)c3C)nn2C)cc1. The monoisotopic (exact) mass is 367 g/mol. The number of carbonyl (C=O) groups excluding carboxylic acids is 1. The lowest BCUT2D eigenvalue weighted by Gasteiger charge is -2.09. The van der Waals surface area contributed by atoms with E-state index in [2.05, 4.69) is 5.10 Å². The van der Waals surface area contributed by atoms with E-state index in [1.165, 1.54) is 6.07 Å². The van der Waals surface area contributed by atoms with Crippen molar-refractivity contribution in [3.8, 4) is 11.3 Å². The third kappa shape index (κ3) is 3.90. The molecule has 0 saturated carbocycles. The number of rotatable bonds is 5. The Morgan fingerprint density at radius 3 is 2.56 bits per heavy atom. The van der Waals surface area contributed by atoms with Crippen molar-refractivity contribution >= 4 is 5.91 Å². The van der Waals surface area contributed by atoms with Crippen LogP contribution in [-0.4, -0.2) is 20.9 Å². The number of hydrogen-bond acceptors (Lipinski definition) is 3. The Labute approximate surface area is 157 Å². The number of benzene rings is 2. The minimum atomic E-state index is -0.520. The zero-order valence-corrected chi connectivity index (χ0v) is 15.6. The summed E-state index contributed by atoms with van der Waals surface area (Å²) >= 11 is 0. The Bertz CT molecular complexity index is 978. The first-order valence-corrected chi connectivity index (χ1v) is 8.69. The highest BCUT2D eigenvalue weighted by molar-refractivity contribution is 5.81. The molecule has 0 unspecified atom stereocenters. The zero-order valence-electron chi connectivity index (χ0n) is 15.6. The Morgan fingerprint density at radius 2 is 1.89 bits per heavy atom. The molecule has 1 heterocycles. The van der Waals surface area contributed by atoms with E-state index in [4.69, 9.17) is 5.21 Å². The maximum absolute atomic E-state index is 13.9. The van der Waals surface area contributed by atoms with Crippen LogP contribution in [0.15, 0.2) is 42.5 Å². The fourth-order valence-electron chi connectivity index (χ4n) is 3.25. The van der Waals surface area contributed by atoms with Gasteiger partial charge in [0.05, 0.1) is 17.8 Å². The maximum atomic E-state index is 13.9. The van der Waals surface area contributed by atoms with Crippen molar-refractivity contribution in [2.45, 2.75) is 26.7 Å². The first-order valence-electron chi connectivity index (χ1n) is 8.69. The van der Waals surface area contributed by atoms with Gasteiger partial charge in [-0.15, -0.1) is 0 Å². The normalized spacial score (nSPS) is 10.9. The number of nitrogens with zero attached hydrogens (tertiary/aromatic N) is 2. The number of aryl methyl sites for hydroxylation is 2. The molecule has 0 atom stereocenters. The first kappa shape index (κ1) is 18.8. The summed E-state index contributed by atoms with van der Waals surface area (Å²) in [5.41, 5.74) is 7.34. The molecule has 27 heavy (non-hydrogen) atoms. The van der Waals surface area contributed by atoms with Gasteiger partial charge in [-0.1, -0.05) is 42.0 Å². The Kier molecular flexibility index (Phi) is 5.37. The second-order valence-electron chi connectivity index (χ2n) is 6.68. The van der Waals surface area contributed by atoms with E-state index in [1.807, 2.05) is 44.3 Å². The molecule has 0 saturated heterocycles. The largest absolute Gasteiger partial charge is 0.289 e. The molecule has 140 valence electrons. The highest BCUT2D eigenvalue weighted by atomic mass is 19.1. The predicted molar refractivity (Wildman–Crippen MR) is 101 cm³/mol. The lowest BCUT2D eigenvalue weighted by atomic mass is 9.97. The van der Waals surface area contributed by atoms with E-state index in [-0.39, 0.29) is 12.2 Å². The quantitative estimate of drug-likeness (QED) is 0.536. The van der Waals surface area contributed by atoms with E-state index < -0.39 is 5.91 Å². The molecule has 1 aromatic heterocycles. The number of hydroxylamine groups is 1. The third-order valence-corrected chi connectivity index (χ3v) is 4.75. The van der Waals surface area contributed by atoms with Crippen molar-refractivity contribution in [2.24, 2.45) is 7.05 Å². The topological polar surface area (TPSA) is 67.2 Å². The molecular formula is C21H22FN3O2. The van der Waals surface area contributed by atoms with Gasteiger partial charge in [0.15, 0.2) is 0 Å². The molecule has 2 aromatic carbocycles. The van der Waals surface area contributed by atoms with Crippen molar-refractivity contribution in [3.63, 3.8) is 0 Å². The van der Waals surface area contributed by atoms with Crippen LogP contribution in [0.1, 0.15) is 27.9 Å². The molecular weight excluding hydrogens is 345 g/mol. The number of nitrogens with one attached hydrogen (secondary N) is 1. The number of amides is 1. The van der Waals surface area contributed by atoms with E-state index >= 15 is 0 Å². The van der Waals surface area contributed by atoms with Crippen LogP contribution in [0.4, 0.5) is 4.39 Å². The van der Waals surface area contributed by atoms with Crippen LogP contribution < -0.4 is 5.48 Å². The highest BCUT2D eigenvalue weighted by Crippen LogP contribution is 2.29. The van der Waals surface area contributed by atoms with Crippen LogP contribution in [0.2, 0.25) is 0 Å². The second-order valence-corrected chi connectivity index (χ2v) is 6.68. The molecule has 0 aliphatic rings. The van der Waals surface area contributed by atoms with Crippen LogP contribution in [0.25, 0.3) is 11.3 Å². The number of carbonyl (C=O) groups is 1. The van der Waals surface area contributed by atoms with Gasteiger partial charge in [0, 0.05) is 24.6 Å². The summed E-state index contributed by atoms with van der Waals surface area (Å²) in [6.07, 6.45) is 0.384. The molecule has 0 aliphatic heterocycles. The molecule has 5 nitrogen and oxygen atoms in total. The third-order valence-electron chi connectivity index (χ3n) is 4.75. The van der Waals surface area contributed by atoms with E-state index in [0.717, 1.165) is 27.9 Å². The summed E-state index contributed by atoms with van der Waals surface area (Å²) in [4.78, 5) is 11.9. The average molecular weight is 367 g/mol. The zero-order chi connectivity index (χ0) is 19.6. The summed E-state index contributed by atoms with van der Waals surface area (Å²) in [5, 5.41) is 13.6. The van der Waals surface area contributed by atoms with Gasteiger partial charge in [-0.05, 0) is 31.0 Å². The van der Waals surface area contributed by atoms with Gasteiger partial charge in [0.2, 0.25) is 5.91 Å². The van der Waals surface area contributed by atoms with Gasteiger partial charge >= 0.3 is 0 Å². The van der Waals surface area contributed by atoms with Crippen molar-refractivity contribution in [1.29, 1.82) is 0 Å². The maximum Gasteiger partial charge on any atom is 0.247 e. The van der Waals surface area contributed by atoms with E-state index in [1.54, 1.807) is 23.2 Å². The average Bonchev–Trinajstić information content (AvgIpc) is 2.94. The van der Waals surface area contributed by atoms with E-state index in [9.17, 15) is 9.18 Å². The van der Waals surface area contributed by atoms with Crippen molar-refractivity contribution in [3.05, 3.63) is 76.2 Å². The van der Waals surface area contributed by atoms with Crippen molar-refractivity contribution < 1.29 is 14.4 Å². The van der Waals surface area contributed by atoms with Crippen LogP contribution in [0.5, 0.6) is 0 Å². The Morgan fingerprint density at radius 1 is 1.19 bits per heavy atom. The standard InChI is InChI=1S/C21H22FN3O2/c1-13-7-9-15(10-8-13)21-17(12-20(26)24-27)19(23-25(21)3)11-16-5-4-6-18(22)14(16)2/h4-10,27H,11-12H2,1-3H3,(H,24,26). The van der Waals surface area contributed by atoms with Gasteiger partial charge in [0.25, 0.3) is 0 Å². The Hall–Kier alpha value is -2.99. The molecule has 3 rings (SSSR count). The van der Waals surface area contributed by atoms with Crippen LogP contribution in [0.3, 0.4) is 0 Å². The summed E-state index contributed by atoms with van der Waals surface area (Å²) in [6.45, 7) is 3.74. The molecule has 3 aromatic rings. The van der Waals surface area contributed by atoms with Crippen LogP contribution in [0, 0.1) is 19.7 Å². The Balaban J connectivity index is 2.10. The molecule has 0 bridgehead atoms. The van der Waals surface area contributed by atoms with Crippen LogP contribution >= 0.6 is 0 Å². The fourth-order valence-corrected chi connectivity index (χ4v) is 3.25. The molecule has 0 radical (unpaired) electrons.